The number of nitrogens with one attached hydrogen (secondary N) is 2. The molecule has 19 heavy (non-hydrogen) atoms. The van der Waals surface area contributed by atoms with E-state index in [1.165, 1.54) is 0 Å². The maximum Gasteiger partial charge on any atom is 0.248 e. The van der Waals surface area contributed by atoms with E-state index in [1.807, 2.05) is 18.2 Å². The topological polar surface area (TPSA) is 87.4 Å². The first kappa shape index (κ1) is 11.6. The van der Waals surface area contributed by atoms with Crippen molar-refractivity contribution in [1.82, 2.24) is 5.43 Å². The Hall–Kier alpha value is -2.53. The molecule has 1 unspecified atom stereocenters. The maximum absolute atomic E-state index is 11.2. The van der Waals surface area contributed by atoms with Crippen LogP contribution in [0.3, 0.4) is 0 Å². The Labute approximate surface area is 110 Å². The number of hydrogen-bond donors (Lipinski definition) is 4. The van der Waals surface area contributed by atoms with Crippen molar-refractivity contribution in [3.8, 4) is 5.75 Å². The summed E-state index contributed by atoms with van der Waals surface area (Å²) in [6.45, 7) is 0. The number of nitrogens with two attached hydrogens (primary N) is 1. The zero-order valence-electron chi connectivity index (χ0n) is 10.1. The Kier molecular flexibility index (Phi) is 2.61. The molecule has 5 heteroatoms. The van der Waals surface area contributed by atoms with Gasteiger partial charge in [-0.1, -0.05) is 12.1 Å². The number of hydrazine groups is 1. The van der Waals surface area contributed by atoms with Crippen LogP contribution >= 0.6 is 0 Å². The van der Waals surface area contributed by atoms with E-state index in [0.717, 1.165) is 16.8 Å². The second-order valence-corrected chi connectivity index (χ2v) is 4.46. The fourth-order valence-corrected chi connectivity index (χ4v) is 2.23. The van der Waals surface area contributed by atoms with Crippen molar-refractivity contribution in [2.75, 3.05) is 5.43 Å². The highest BCUT2D eigenvalue weighted by atomic mass is 16.3. The zero-order chi connectivity index (χ0) is 13.4. The molecule has 0 aliphatic carbocycles. The summed E-state index contributed by atoms with van der Waals surface area (Å²) in [5, 5.41) is 9.31. The van der Waals surface area contributed by atoms with E-state index in [0.29, 0.717) is 5.56 Å². The Morgan fingerprint density at radius 1 is 1.16 bits per heavy atom. The average Bonchev–Trinajstić information content (AvgIpc) is 2.82. The highest BCUT2D eigenvalue weighted by Crippen LogP contribution is 2.34. The van der Waals surface area contributed by atoms with Gasteiger partial charge in [-0.3, -0.25) is 4.79 Å². The highest BCUT2D eigenvalue weighted by molar-refractivity contribution is 5.93. The maximum atomic E-state index is 11.2. The first-order valence-electron chi connectivity index (χ1n) is 5.89. The summed E-state index contributed by atoms with van der Waals surface area (Å²) in [6.07, 6.45) is 0. The molecule has 2 aromatic rings. The van der Waals surface area contributed by atoms with Crippen molar-refractivity contribution in [2.45, 2.75) is 6.04 Å². The van der Waals surface area contributed by atoms with Gasteiger partial charge in [0.25, 0.3) is 0 Å². The molecule has 5 nitrogen and oxygen atoms in total. The minimum atomic E-state index is -0.445. The second-order valence-electron chi connectivity index (χ2n) is 4.46. The van der Waals surface area contributed by atoms with E-state index in [-0.39, 0.29) is 11.8 Å². The number of rotatable bonds is 2. The molecule has 0 aromatic heterocycles. The van der Waals surface area contributed by atoms with E-state index in [9.17, 15) is 9.90 Å². The molecule has 1 amide bonds. The summed E-state index contributed by atoms with van der Waals surface area (Å²) in [5.74, 6) is -0.222. The van der Waals surface area contributed by atoms with Gasteiger partial charge < -0.3 is 16.3 Å². The molecule has 5 N–H and O–H groups in total. The summed E-state index contributed by atoms with van der Waals surface area (Å²) in [5.41, 5.74) is 14.9. The van der Waals surface area contributed by atoms with Gasteiger partial charge >= 0.3 is 0 Å². The number of aromatic hydroxyl groups is 1. The number of benzene rings is 2. The van der Waals surface area contributed by atoms with Crippen molar-refractivity contribution in [2.24, 2.45) is 5.73 Å². The van der Waals surface area contributed by atoms with Crippen molar-refractivity contribution in [1.29, 1.82) is 0 Å². The lowest BCUT2D eigenvalue weighted by Gasteiger charge is -2.11. The molecule has 3 rings (SSSR count). The molecule has 0 fully saturated rings. The average molecular weight is 255 g/mol. The van der Waals surface area contributed by atoms with Crippen LogP contribution in [-0.2, 0) is 0 Å². The third-order valence-corrected chi connectivity index (χ3v) is 3.22. The number of amides is 1. The minimum Gasteiger partial charge on any atom is -0.508 e. The standard InChI is InChI=1S/C14H13N3O2/c15-14(19)9-3-6-12-11(7-9)13(17-16-12)8-1-4-10(18)5-2-8/h1-7,13,16-18H,(H2,15,19). The molecule has 2 aromatic carbocycles. The Bertz CT molecular complexity index is 638. The predicted octanol–water partition coefficient (Wildman–Crippen LogP) is 1.51. The first-order chi connectivity index (χ1) is 9.15. The third-order valence-electron chi connectivity index (χ3n) is 3.22. The number of phenols is 1. The van der Waals surface area contributed by atoms with Gasteiger partial charge in [0.2, 0.25) is 5.91 Å². The van der Waals surface area contributed by atoms with Gasteiger partial charge in [-0.25, -0.2) is 5.43 Å². The van der Waals surface area contributed by atoms with Crippen molar-refractivity contribution < 1.29 is 9.90 Å². The van der Waals surface area contributed by atoms with Crippen LogP contribution in [0.15, 0.2) is 42.5 Å². The molecule has 1 aliphatic heterocycles. The van der Waals surface area contributed by atoms with Crippen LogP contribution < -0.4 is 16.6 Å². The highest BCUT2D eigenvalue weighted by Gasteiger charge is 2.24. The van der Waals surface area contributed by atoms with E-state index in [4.69, 9.17) is 5.73 Å². The van der Waals surface area contributed by atoms with Gasteiger partial charge in [-0.2, -0.15) is 0 Å². The normalized spacial score (nSPS) is 16.7. The Balaban J connectivity index is 2.03. The minimum absolute atomic E-state index is 0.0742. The largest absolute Gasteiger partial charge is 0.508 e. The number of carbonyl (C=O) groups excluding carboxylic acids is 1. The zero-order valence-corrected chi connectivity index (χ0v) is 10.1. The Morgan fingerprint density at radius 3 is 2.58 bits per heavy atom. The summed E-state index contributed by atoms with van der Waals surface area (Å²) >= 11 is 0. The van der Waals surface area contributed by atoms with Gasteiger partial charge in [-0.15, -0.1) is 0 Å². The summed E-state index contributed by atoms with van der Waals surface area (Å²) < 4.78 is 0. The van der Waals surface area contributed by atoms with E-state index >= 15 is 0 Å². The lowest BCUT2D eigenvalue weighted by molar-refractivity contribution is 0.1000. The van der Waals surface area contributed by atoms with Crippen LogP contribution in [0.25, 0.3) is 0 Å². The van der Waals surface area contributed by atoms with Crippen LogP contribution in [0.5, 0.6) is 5.75 Å². The second kappa shape index (κ2) is 4.29. The van der Waals surface area contributed by atoms with Crippen LogP contribution in [0.1, 0.15) is 27.5 Å². The molecule has 1 atom stereocenters. The van der Waals surface area contributed by atoms with Crippen molar-refractivity contribution in [3.63, 3.8) is 0 Å². The fraction of sp³-hybridized carbons (Fsp3) is 0.0714. The molecule has 1 heterocycles. The molecule has 0 saturated heterocycles. The van der Waals surface area contributed by atoms with Crippen molar-refractivity contribution in [3.05, 3.63) is 59.2 Å². The van der Waals surface area contributed by atoms with Crippen LogP contribution in [0, 0.1) is 0 Å². The third kappa shape index (κ3) is 2.00. The first-order valence-corrected chi connectivity index (χ1v) is 5.89. The number of phenolic OH excluding ortho intramolecular Hbond substituents is 1. The molecule has 0 saturated carbocycles. The SMILES string of the molecule is NC(=O)c1ccc2c(c1)C(c1ccc(O)cc1)NN2. The van der Waals surface area contributed by atoms with Crippen LogP contribution in [0.2, 0.25) is 0 Å². The molecule has 0 bridgehead atoms. The van der Waals surface area contributed by atoms with Crippen molar-refractivity contribution >= 4 is 11.6 Å². The number of carbonyl (C=O) groups is 1. The lowest BCUT2D eigenvalue weighted by Crippen LogP contribution is -2.19. The van der Waals surface area contributed by atoms with E-state index < -0.39 is 5.91 Å². The molecular weight excluding hydrogens is 242 g/mol. The summed E-state index contributed by atoms with van der Waals surface area (Å²) in [4.78, 5) is 11.2. The number of fused-ring (bicyclic) bond motifs is 1. The molecule has 1 aliphatic rings. The molecule has 0 spiro atoms. The van der Waals surface area contributed by atoms with Gasteiger partial charge in [0.05, 0.1) is 11.7 Å². The fourth-order valence-electron chi connectivity index (χ4n) is 2.23. The van der Waals surface area contributed by atoms with Gasteiger partial charge in [-0.05, 0) is 35.9 Å². The van der Waals surface area contributed by atoms with Gasteiger partial charge in [0, 0.05) is 11.1 Å². The van der Waals surface area contributed by atoms with Crippen LogP contribution in [0.4, 0.5) is 5.69 Å². The number of anilines is 1. The monoisotopic (exact) mass is 255 g/mol. The van der Waals surface area contributed by atoms with Gasteiger partial charge in [0.15, 0.2) is 0 Å². The number of hydrogen-bond acceptors (Lipinski definition) is 4. The Morgan fingerprint density at radius 2 is 1.89 bits per heavy atom. The molecule has 96 valence electrons. The number of primary amides is 1. The molecule has 0 radical (unpaired) electrons. The quantitative estimate of drug-likeness (QED) is 0.655. The predicted molar refractivity (Wildman–Crippen MR) is 71.7 cm³/mol. The summed E-state index contributed by atoms with van der Waals surface area (Å²) in [6, 6.07) is 12.1. The molecular formula is C14H13N3O2. The van der Waals surface area contributed by atoms with Crippen LogP contribution in [-0.4, -0.2) is 11.0 Å². The van der Waals surface area contributed by atoms with E-state index in [2.05, 4.69) is 10.9 Å². The lowest BCUT2D eigenvalue weighted by atomic mass is 9.97. The van der Waals surface area contributed by atoms with Gasteiger partial charge in [0.1, 0.15) is 5.75 Å². The summed E-state index contributed by atoms with van der Waals surface area (Å²) in [7, 11) is 0. The smallest absolute Gasteiger partial charge is 0.248 e. The van der Waals surface area contributed by atoms with E-state index in [1.54, 1.807) is 24.3 Å².